The van der Waals surface area contributed by atoms with E-state index in [1.165, 1.54) is 7.11 Å². The Hall–Kier alpha value is -2.53. The first-order valence-corrected chi connectivity index (χ1v) is 15.7. The molecule has 0 unspecified atom stereocenters. The van der Waals surface area contributed by atoms with Crippen molar-refractivity contribution in [3.63, 3.8) is 0 Å². The standard InChI is InChI=1S/C33H52B2N2O8/c1-18-19(2)23-21(17-22(27(38)40-16)36-28(39)41-29(4,5)6)26(35-44-32(11,12)33(13,14)45-35)37(15)25(23)24(20(18)3)34-42-30(7,8)31(9,10)43-34/h22H,17H2,1-16H3,(H,36,39)/t22-/m0/s1. The minimum absolute atomic E-state index is 0.106. The number of ether oxygens (including phenoxy) is 2. The van der Waals surface area contributed by atoms with Gasteiger partial charge >= 0.3 is 26.3 Å². The van der Waals surface area contributed by atoms with Crippen LogP contribution in [0.2, 0.25) is 0 Å². The zero-order valence-electron chi connectivity index (χ0n) is 30.2. The Morgan fingerprint density at radius 2 is 1.29 bits per heavy atom. The third kappa shape index (κ3) is 6.15. The van der Waals surface area contributed by atoms with E-state index < -0.39 is 60.3 Å². The SMILES string of the molecule is COC(=O)[C@H](Cc1c(B2OC(C)(C)C(C)(C)O2)n(C)c2c(B3OC(C)(C)C(C)(C)O3)c(C)c(C)c(C)c12)NC(=O)OC(C)(C)C. The minimum atomic E-state index is -1.04. The maximum Gasteiger partial charge on any atom is 0.512 e. The molecule has 1 aromatic carbocycles. The summed E-state index contributed by atoms with van der Waals surface area (Å²) in [5.41, 5.74) is 3.45. The average Bonchev–Trinajstić information content (AvgIpc) is 3.36. The van der Waals surface area contributed by atoms with Gasteiger partial charge in [0.2, 0.25) is 0 Å². The van der Waals surface area contributed by atoms with Gasteiger partial charge in [-0.15, -0.1) is 0 Å². The zero-order valence-corrected chi connectivity index (χ0v) is 30.2. The lowest BCUT2D eigenvalue weighted by molar-refractivity contribution is -0.143. The van der Waals surface area contributed by atoms with Crippen molar-refractivity contribution in [1.29, 1.82) is 0 Å². The average molecular weight is 626 g/mol. The topological polar surface area (TPSA) is 106 Å². The number of carbonyl (C=O) groups excluding carboxylic acids is 2. The second-order valence-corrected chi connectivity index (χ2v) is 15.5. The molecule has 2 saturated heterocycles. The maximum absolute atomic E-state index is 13.2. The molecule has 12 heteroatoms. The third-order valence-electron chi connectivity index (χ3n) is 10.3. The number of esters is 1. The van der Waals surface area contributed by atoms with E-state index in [0.717, 1.165) is 44.2 Å². The number of carbonyl (C=O) groups is 2. The van der Waals surface area contributed by atoms with Crippen molar-refractivity contribution < 1.29 is 37.7 Å². The van der Waals surface area contributed by atoms with E-state index in [2.05, 4.69) is 30.7 Å². The van der Waals surface area contributed by atoms with Gasteiger partial charge in [-0.2, -0.15) is 0 Å². The fourth-order valence-electron chi connectivity index (χ4n) is 6.03. The Kier molecular flexibility index (Phi) is 8.88. The number of benzene rings is 1. The summed E-state index contributed by atoms with van der Waals surface area (Å²) < 4.78 is 39.2. The summed E-state index contributed by atoms with van der Waals surface area (Å²) in [4.78, 5) is 26.2. The van der Waals surface area contributed by atoms with Crippen molar-refractivity contribution in [3.8, 4) is 0 Å². The first-order valence-electron chi connectivity index (χ1n) is 15.7. The number of rotatable bonds is 6. The van der Waals surface area contributed by atoms with Crippen LogP contribution in [0.15, 0.2) is 0 Å². The molecule has 248 valence electrons. The van der Waals surface area contributed by atoms with Gasteiger partial charge in [-0.1, -0.05) is 0 Å². The van der Waals surface area contributed by atoms with Crippen LogP contribution in [0.25, 0.3) is 10.9 Å². The molecule has 0 spiro atoms. The minimum Gasteiger partial charge on any atom is -0.467 e. The fourth-order valence-corrected chi connectivity index (χ4v) is 6.03. The molecule has 0 bridgehead atoms. The highest BCUT2D eigenvalue weighted by Gasteiger charge is 2.55. The lowest BCUT2D eigenvalue weighted by atomic mass is 9.72. The van der Waals surface area contributed by atoms with Crippen molar-refractivity contribution in [3.05, 3.63) is 22.3 Å². The highest BCUT2D eigenvalue weighted by Crippen LogP contribution is 2.40. The van der Waals surface area contributed by atoms with Gasteiger partial charge in [0.25, 0.3) is 0 Å². The van der Waals surface area contributed by atoms with E-state index in [9.17, 15) is 9.59 Å². The van der Waals surface area contributed by atoms with E-state index in [-0.39, 0.29) is 6.42 Å². The molecule has 3 heterocycles. The zero-order chi connectivity index (χ0) is 34.2. The number of aryl methyl sites for hydroxylation is 2. The molecule has 0 radical (unpaired) electrons. The number of nitrogens with zero attached hydrogens (tertiary/aromatic N) is 1. The van der Waals surface area contributed by atoms with Crippen molar-refractivity contribution in [2.75, 3.05) is 7.11 Å². The van der Waals surface area contributed by atoms with Crippen LogP contribution in [0.1, 0.15) is 98.4 Å². The van der Waals surface area contributed by atoms with Crippen LogP contribution in [-0.4, -0.2) is 72.0 Å². The molecular formula is C33H52B2N2O8. The van der Waals surface area contributed by atoms with Crippen molar-refractivity contribution in [2.45, 2.75) is 137 Å². The molecule has 2 aliphatic heterocycles. The summed E-state index contributed by atoms with van der Waals surface area (Å²) in [7, 11) is 1.89. The molecule has 2 aromatic rings. The first kappa shape index (κ1) is 35.3. The van der Waals surface area contributed by atoms with Gasteiger partial charge < -0.3 is 38.0 Å². The number of aromatic nitrogens is 1. The largest absolute Gasteiger partial charge is 0.512 e. The molecular weight excluding hydrogens is 574 g/mol. The Bertz CT molecular complexity index is 1490. The third-order valence-corrected chi connectivity index (χ3v) is 10.3. The predicted molar refractivity (Wildman–Crippen MR) is 177 cm³/mol. The van der Waals surface area contributed by atoms with Gasteiger partial charge in [-0.3, -0.25) is 0 Å². The molecule has 0 saturated carbocycles. The summed E-state index contributed by atoms with van der Waals surface area (Å²) in [6.45, 7) is 27.7. The molecule has 1 N–H and O–H groups in total. The maximum atomic E-state index is 13.2. The molecule has 1 amide bonds. The lowest BCUT2D eigenvalue weighted by Gasteiger charge is -2.32. The van der Waals surface area contributed by atoms with Crippen molar-refractivity contribution in [1.82, 2.24) is 9.88 Å². The summed E-state index contributed by atoms with van der Waals surface area (Å²) in [5.74, 6) is -0.592. The van der Waals surface area contributed by atoms with Crippen LogP contribution in [0.5, 0.6) is 0 Å². The van der Waals surface area contributed by atoms with Gasteiger partial charge in [-0.25, -0.2) is 9.59 Å². The summed E-state index contributed by atoms with van der Waals surface area (Å²) in [6.07, 6.45) is -0.605. The summed E-state index contributed by atoms with van der Waals surface area (Å²) in [6, 6.07) is -1.04. The summed E-state index contributed by atoms with van der Waals surface area (Å²) in [5, 5.41) is 3.68. The Balaban J connectivity index is 2.01. The van der Waals surface area contributed by atoms with Crippen molar-refractivity contribution >= 4 is 48.3 Å². The molecule has 1 atom stereocenters. The van der Waals surface area contributed by atoms with Crippen LogP contribution in [0.4, 0.5) is 4.79 Å². The molecule has 4 rings (SSSR count). The molecule has 1 aromatic heterocycles. The second kappa shape index (κ2) is 11.3. The number of amides is 1. The lowest BCUT2D eigenvalue weighted by Crippen LogP contribution is -2.47. The number of nitrogens with one attached hydrogen (secondary N) is 1. The van der Waals surface area contributed by atoms with Crippen LogP contribution >= 0.6 is 0 Å². The molecule has 45 heavy (non-hydrogen) atoms. The van der Waals surface area contributed by atoms with Crippen LogP contribution in [0.3, 0.4) is 0 Å². The molecule has 10 nitrogen and oxygen atoms in total. The number of hydrogen-bond donors (Lipinski definition) is 1. The highest BCUT2D eigenvalue weighted by molar-refractivity contribution is 6.67. The molecule has 0 aliphatic carbocycles. The van der Waals surface area contributed by atoms with Crippen LogP contribution in [0, 0.1) is 20.8 Å². The van der Waals surface area contributed by atoms with E-state index in [1.54, 1.807) is 20.8 Å². The fraction of sp³-hybridized carbons (Fsp3) is 0.697. The molecule has 2 aliphatic rings. The summed E-state index contributed by atoms with van der Waals surface area (Å²) >= 11 is 0. The van der Waals surface area contributed by atoms with Crippen molar-refractivity contribution in [2.24, 2.45) is 7.05 Å². The second-order valence-electron chi connectivity index (χ2n) is 15.5. The number of fused-ring (bicyclic) bond motifs is 1. The van der Waals surface area contributed by atoms with E-state index in [4.69, 9.17) is 28.1 Å². The van der Waals surface area contributed by atoms with E-state index >= 15 is 0 Å². The normalized spacial score (nSPS) is 20.9. The number of alkyl carbamates (subject to hydrolysis) is 1. The Morgan fingerprint density at radius 1 is 0.822 bits per heavy atom. The highest BCUT2D eigenvalue weighted by atomic mass is 16.7. The smallest absolute Gasteiger partial charge is 0.467 e. The van der Waals surface area contributed by atoms with E-state index in [0.29, 0.717) is 0 Å². The van der Waals surface area contributed by atoms with Gasteiger partial charge in [0, 0.05) is 29.8 Å². The Labute approximate surface area is 269 Å². The number of methoxy groups -OCH3 is 1. The van der Waals surface area contributed by atoms with E-state index in [1.807, 2.05) is 62.4 Å². The quantitative estimate of drug-likeness (QED) is 0.374. The monoisotopic (exact) mass is 626 g/mol. The van der Waals surface area contributed by atoms with Crippen LogP contribution in [-0.2, 0) is 46.4 Å². The predicted octanol–water partition coefficient (Wildman–Crippen LogP) is 4.31. The van der Waals surface area contributed by atoms with Gasteiger partial charge in [0.15, 0.2) is 0 Å². The van der Waals surface area contributed by atoms with Gasteiger partial charge in [0.05, 0.1) is 35.1 Å². The van der Waals surface area contributed by atoms with Crippen LogP contribution < -0.4 is 16.4 Å². The Morgan fingerprint density at radius 3 is 1.73 bits per heavy atom. The van der Waals surface area contributed by atoms with Gasteiger partial charge in [-0.05, 0) is 119 Å². The number of hydrogen-bond acceptors (Lipinski definition) is 8. The first-order chi connectivity index (χ1) is 20.4. The molecule has 2 fully saturated rings. The van der Waals surface area contributed by atoms with Gasteiger partial charge in [0.1, 0.15) is 11.6 Å².